The van der Waals surface area contributed by atoms with Crippen molar-refractivity contribution in [3.8, 4) is 0 Å². The molecular weight excluding hydrogens is 336 g/mol. The predicted octanol–water partition coefficient (Wildman–Crippen LogP) is 6.50. The van der Waals surface area contributed by atoms with Crippen LogP contribution in [0, 0.1) is 0 Å². The average molecular weight is 363 g/mol. The van der Waals surface area contributed by atoms with Gasteiger partial charge < -0.3 is 5.21 Å². The molecule has 1 aliphatic rings. The highest BCUT2D eigenvalue weighted by molar-refractivity contribution is 8.02. The number of aromatic nitrogens is 1. The van der Waals surface area contributed by atoms with Crippen molar-refractivity contribution < 1.29 is 5.21 Å². The Bertz CT molecular complexity index is 635. The molecular formula is C19H26N2OS2. The molecule has 1 atom stereocenters. The van der Waals surface area contributed by atoms with Crippen molar-refractivity contribution in [2.24, 2.45) is 5.16 Å². The topological polar surface area (TPSA) is 45.5 Å². The Kier molecular flexibility index (Phi) is 6.97. The highest BCUT2D eigenvalue weighted by Gasteiger charge is 2.20. The van der Waals surface area contributed by atoms with Gasteiger partial charge in [-0.15, -0.1) is 11.3 Å². The summed E-state index contributed by atoms with van der Waals surface area (Å²) in [5.41, 5.74) is 2.03. The summed E-state index contributed by atoms with van der Waals surface area (Å²) in [6.07, 6.45) is 12.3. The zero-order chi connectivity index (χ0) is 16.6. The van der Waals surface area contributed by atoms with E-state index in [0.29, 0.717) is 0 Å². The van der Waals surface area contributed by atoms with Crippen LogP contribution in [0.25, 0.3) is 10.2 Å². The summed E-state index contributed by atoms with van der Waals surface area (Å²) in [5.74, 6) is 0. The van der Waals surface area contributed by atoms with Crippen molar-refractivity contribution in [3.05, 3.63) is 24.3 Å². The van der Waals surface area contributed by atoms with E-state index in [0.717, 1.165) is 34.8 Å². The van der Waals surface area contributed by atoms with Crippen LogP contribution in [0.4, 0.5) is 0 Å². The van der Waals surface area contributed by atoms with Crippen molar-refractivity contribution in [1.29, 1.82) is 0 Å². The minimum Gasteiger partial charge on any atom is -0.411 e. The van der Waals surface area contributed by atoms with Crippen molar-refractivity contribution in [2.45, 2.75) is 73.8 Å². The number of hydrogen-bond donors (Lipinski definition) is 1. The Balaban J connectivity index is 1.72. The van der Waals surface area contributed by atoms with Crippen molar-refractivity contribution in [3.63, 3.8) is 0 Å². The highest BCUT2D eigenvalue weighted by Crippen LogP contribution is 2.35. The van der Waals surface area contributed by atoms with Crippen LogP contribution in [-0.2, 0) is 0 Å². The molecule has 0 saturated heterocycles. The largest absolute Gasteiger partial charge is 0.411 e. The lowest BCUT2D eigenvalue weighted by atomic mass is 9.99. The van der Waals surface area contributed by atoms with Gasteiger partial charge in [0.25, 0.3) is 0 Å². The molecule has 2 aromatic rings. The second-order valence-corrected chi connectivity index (χ2v) is 8.99. The molecule has 1 heterocycles. The van der Waals surface area contributed by atoms with Crippen LogP contribution < -0.4 is 0 Å². The van der Waals surface area contributed by atoms with E-state index in [1.54, 1.807) is 23.1 Å². The van der Waals surface area contributed by atoms with Crippen LogP contribution in [0.5, 0.6) is 0 Å². The van der Waals surface area contributed by atoms with Gasteiger partial charge in [0.1, 0.15) is 0 Å². The van der Waals surface area contributed by atoms with Crippen LogP contribution in [0.3, 0.4) is 0 Å². The SMILES string of the molecule is ON=C1CCCCCCCCCCC1Sc1nc2ccccc2s1. The molecule has 5 heteroatoms. The average Bonchev–Trinajstić information content (AvgIpc) is 3.00. The standard InChI is InChI=1S/C19H26N2OS2/c22-21-16-12-7-5-3-1-2-4-6-8-13-18(16)24-19-20-15-11-9-10-14-17(15)23-19/h9-11,14,18,22H,1-8,12-13H2. The number of thioether (sulfide) groups is 1. The molecule has 1 saturated carbocycles. The van der Waals surface area contributed by atoms with E-state index in [-0.39, 0.29) is 5.25 Å². The van der Waals surface area contributed by atoms with Crippen LogP contribution in [0.2, 0.25) is 0 Å². The van der Waals surface area contributed by atoms with Crippen LogP contribution in [0.1, 0.15) is 64.2 Å². The fourth-order valence-electron chi connectivity index (χ4n) is 3.29. The first-order chi connectivity index (χ1) is 11.9. The van der Waals surface area contributed by atoms with E-state index in [2.05, 4.69) is 23.4 Å². The number of thiazole rings is 1. The maximum absolute atomic E-state index is 9.54. The summed E-state index contributed by atoms with van der Waals surface area (Å²) in [6, 6.07) is 8.29. The molecule has 1 aliphatic carbocycles. The third-order valence-corrected chi connectivity index (χ3v) is 7.12. The number of oxime groups is 1. The summed E-state index contributed by atoms with van der Waals surface area (Å²) in [4.78, 5) is 4.75. The highest BCUT2D eigenvalue weighted by atomic mass is 32.2. The van der Waals surface area contributed by atoms with Crippen molar-refractivity contribution in [2.75, 3.05) is 0 Å². The molecule has 1 aromatic carbocycles. The summed E-state index contributed by atoms with van der Waals surface area (Å²) < 4.78 is 2.32. The van der Waals surface area contributed by atoms with E-state index < -0.39 is 0 Å². The summed E-state index contributed by atoms with van der Waals surface area (Å²) in [5, 5.41) is 13.5. The van der Waals surface area contributed by atoms with Crippen LogP contribution >= 0.6 is 23.1 Å². The Hall–Kier alpha value is -1.07. The second kappa shape index (κ2) is 9.42. The molecule has 0 bridgehead atoms. The lowest BCUT2D eigenvalue weighted by Gasteiger charge is -2.17. The molecule has 3 rings (SSSR count). The third kappa shape index (κ3) is 4.96. The zero-order valence-electron chi connectivity index (χ0n) is 14.1. The number of para-hydroxylation sites is 1. The quantitative estimate of drug-likeness (QED) is 0.490. The molecule has 0 amide bonds. The molecule has 1 fully saturated rings. The van der Waals surface area contributed by atoms with Gasteiger partial charge >= 0.3 is 0 Å². The summed E-state index contributed by atoms with van der Waals surface area (Å²) in [7, 11) is 0. The van der Waals surface area contributed by atoms with Gasteiger partial charge in [-0.1, -0.05) is 74.0 Å². The normalized spacial score (nSPS) is 23.0. The first kappa shape index (κ1) is 17.7. The van der Waals surface area contributed by atoms with Crippen LogP contribution in [-0.4, -0.2) is 21.2 Å². The molecule has 0 aliphatic heterocycles. The molecule has 24 heavy (non-hydrogen) atoms. The maximum atomic E-state index is 9.54. The number of rotatable bonds is 2. The Morgan fingerprint density at radius 2 is 1.71 bits per heavy atom. The molecule has 1 N–H and O–H groups in total. The Morgan fingerprint density at radius 3 is 2.46 bits per heavy atom. The number of fused-ring (bicyclic) bond motifs is 1. The number of hydrogen-bond acceptors (Lipinski definition) is 5. The minimum absolute atomic E-state index is 0.259. The van der Waals surface area contributed by atoms with E-state index in [4.69, 9.17) is 4.98 Å². The molecule has 1 unspecified atom stereocenters. The lowest BCUT2D eigenvalue weighted by Crippen LogP contribution is -2.18. The Labute approximate surface area is 152 Å². The molecule has 1 aromatic heterocycles. The summed E-state index contributed by atoms with van der Waals surface area (Å²) in [6.45, 7) is 0. The van der Waals surface area contributed by atoms with Crippen molar-refractivity contribution >= 4 is 39.0 Å². The minimum atomic E-state index is 0.259. The van der Waals surface area contributed by atoms with Crippen LogP contribution in [0.15, 0.2) is 33.8 Å². The van der Waals surface area contributed by atoms with E-state index in [9.17, 15) is 5.21 Å². The third-order valence-electron chi connectivity index (χ3n) is 4.67. The predicted molar refractivity (Wildman–Crippen MR) is 105 cm³/mol. The van der Waals surface area contributed by atoms with Gasteiger partial charge in [0.15, 0.2) is 4.34 Å². The molecule has 3 nitrogen and oxygen atoms in total. The first-order valence-electron chi connectivity index (χ1n) is 9.10. The van der Waals surface area contributed by atoms with Gasteiger partial charge in [-0.3, -0.25) is 0 Å². The Morgan fingerprint density at radius 1 is 1.00 bits per heavy atom. The number of nitrogens with zero attached hydrogens (tertiary/aromatic N) is 2. The fourth-order valence-corrected chi connectivity index (χ4v) is 5.78. The van der Waals surface area contributed by atoms with Gasteiger partial charge in [-0.05, 0) is 31.4 Å². The molecule has 130 valence electrons. The smallest absolute Gasteiger partial charge is 0.151 e. The van der Waals surface area contributed by atoms with Gasteiger partial charge in [0, 0.05) is 0 Å². The molecule has 0 spiro atoms. The van der Waals surface area contributed by atoms with Gasteiger partial charge in [0.05, 0.1) is 21.2 Å². The van der Waals surface area contributed by atoms with Gasteiger partial charge in [0.2, 0.25) is 0 Å². The maximum Gasteiger partial charge on any atom is 0.151 e. The first-order valence-corrected chi connectivity index (χ1v) is 10.8. The van der Waals surface area contributed by atoms with Crippen molar-refractivity contribution in [1.82, 2.24) is 4.98 Å². The zero-order valence-corrected chi connectivity index (χ0v) is 15.7. The monoisotopic (exact) mass is 362 g/mol. The van der Waals surface area contributed by atoms with Gasteiger partial charge in [-0.2, -0.15) is 0 Å². The van der Waals surface area contributed by atoms with E-state index in [1.165, 1.54) is 49.6 Å². The van der Waals surface area contributed by atoms with E-state index in [1.807, 2.05) is 6.07 Å². The van der Waals surface area contributed by atoms with E-state index >= 15 is 0 Å². The van der Waals surface area contributed by atoms with Gasteiger partial charge in [-0.25, -0.2) is 4.98 Å². The second-order valence-electron chi connectivity index (χ2n) is 6.51. The summed E-state index contributed by atoms with van der Waals surface area (Å²) >= 11 is 3.54. The lowest BCUT2D eigenvalue weighted by molar-refractivity contribution is 0.315. The fraction of sp³-hybridized carbons (Fsp3) is 0.579. The molecule has 0 radical (unpaired) electrons. The number of benzene rings is 1.